The van der Waals surface area contributed by atoms with Crippen molar-refractivity contribution >= 4 is 37.5 Å². The van der Waals surface area contributed by atoms with Crippen LogP contribution in [-0.4, -0.2) is 0 Å². The zero-order valence-electron chi connectivity index (χ0n) is 32.9. The molecule has 6 rings (SSSR count). The highest BCUT2D eigenvalue weighted by Crippen LogP contribution is 2.54. The third kappa shape index (κ3) is 3.47. The standard InChI is InChI=1S/C34H31Br/c1-33(2)20-21-34(3,4)31-28(33)19-18-23(22-12-6-5-7-13-22)30(31)29-24-14-8-10-16-26(24)32(35)27-17-11-9-15-25(27)29/h5-19H,20-21H2,1-4H3/i5D,6D,7D,8D,9D,10D,11D,12D,13D,14D,15D,16D,17D. The van der Waals surface area contributed by atoms with Crippen LogP contribution in [0.25, 0.3) is 43.8 Å². The second kappa shape index (κ2) is 8.07. The largest absolute Gasteiger partial charge is 0.0630 e. The molecule has 1 aliphatic carbocycles. The minimum Gasteiger partial charge on any atom is -0.0622 e. The summed E-state index contributed by atoms with van der Waals surface area (Å²) in [7, 11) is 0. The number of hydrogen-bond acceptors (Lipinski definition) is 0. The van der Waals surface area contributed by atoms with Gasteiger partial charge in [0.1, 0.15) is 0 Å². The molecular formula is C34H31Br. The van der Waals surface area contributed by atoms with Crippen molar-refractivity contribution in [3.8, 4) is 22.3 Å². The van der Waals surface area contributed by atoms with Gasteiger partial charge in [-0.3, -0.25) is 0 Å². The third-order valence-electron chi connectivity index (χ3n) is 7.32. The van der Waals surface area contributed by atoms with Gasteiger partial charge < -0.3 is 0 Å². The van der Waals surface area contributed by atoms with Crippen molar-refractivity contribution in [1.82, 2.24) is 0 Å². The van der Waals surface area contributed by atoms with Gasteiger partial charge in [-0.15, -0.1) is 0 Å². The van der Waals surface area contributed by atoms with Crippen molar-refractivity contribution in [3.05, 3.63) is 106 Å². The SMILES string of the molecule is [2H]c1c([2H])c([2H])c(-c2ccc3c(c2-c2c4c([2H])c([2H])c([2H])c([2H])c4c(Br)c4c([2H])c([2H])c([2H])c([2H])c24)C(C)(C)CCC3(C)C)c([2H])c1[2H]. The summed E-state index contributed by atoms with van der Waals surface area (Å²) in [6.07, 6.45) is 1.47. The Kier molecular flexibility index (Phi) is 2.85. The molecule has 5 aromatic carbocycles. The lowest BCUT2D eigenvalue weighted by molar-refractivity contribution is 0.333. The minimum atomic E-state index is -0.620. The van der Waals surface area contributed by atoms with Crippen LogP contribution in [0.1, 0.15) is 69.5 Å². The first-order valence-electron chi connectivity index (χ1n) is 18.1. The van der Waals surface area contributed by atoms with Gasteiger partial charge in [-0.2, -0.15) is 0 Å². The Balaban J connectivity index is 2.08. The predicted molar refractivity (Wildman–Crippen MR) is 155 cm³/mol. The fourth-order valence-corrected chi connectivity index (χ4v) is 6.03. The third-order valence-corrected chi connectivity index (χ3v) is 8.11. The number of rotatable bonds is 2. The van der Waals surface area contributed by atoms with Crippen molar-refractivity contribution < 1.29 is 17.8 Å². The summed E-state index contributed by atoms with van der Waals surface area (Å²) in [4.78, 5) is 0. The second-order valence-corrected chi connectivity index (χ2v) is 11.2. The normalized spacial score (nSPS) is 21.6. The number of halogens is 1. The minimum absolute atomic E-state index is 0.00557. The summed E-state index contributed by atoms with van der Waals surface area (Å²) >= 11 is 3.48. The van der Waals surface area contributed by atoms with E-state index in [9.17, 15) is 2.74 Å². The lowest BCUT2D eigenvalue weighted by Crippen LogP contribution is -2.34. The van der Waals surface area contributed by atoms with E-state index in [1.807, 2.05) is 19.9 Å². The fraction of sp³-hybridized carbons (Fsp3) is 0.235. The van der Waals surface area contributed by atoms with E-state index in [2.05, 4.69) is 29.8 Å². The second-order valence-electron chi connectivity index (χ2n) is 10.4. The molecular weight excluding hydrogens is 488 g/mol. The van der Waals surface area contributed by atoms with Crippen LogP contribution >= 0.6 is 15.9 Å². The molecule has 0 aromatic heterocycles. The summed E-state index contributed by atoms with van der Waals surface area (Å²) in [6, 6.07) is -2.91. The zero-order valence-corrected chi connectivity index (χ0v) is 21.5. The quantitative estimate of drug-likeness (QED) is 0.198. The molecule has 0 aliphatic heterocycles. The van der Waals surface area contributed by atoms with Gasteiger partial charge in [-0.25, -0.2) is 0 Å². The monoisotopic (exact) mass is 531 g/mol. The average molecular weight is 533 g/mol. The molecule has 0 atom stereocenters. The maximum Gasteiger partial charge on any atom is 0.0630 e. The highest BCUT2D eigenvalue weighted by molar-refractivity contribution is 9.10. The first kappa shape index (κ1) is 12.4. The molecule has 0 heterocycles. The van der Waals surface area contributed by atoms with Gasteiger partial charge >= 0.3 is 0 Å². The zero-order chi connectivity index (χ0) is 35.7. The van der Waals surface area contributed by atoms with Gasteiger partial charge in [0.2, 0.25) is 0 Å². The van der Waals surface area contributed by atoms with Crippen LogP contribution in [0.4, 0.5) is 0 Å². The van der Waals surface area contributed by atoms with Crippen LogP contribution in [0.3, 0.4) is 0 Å². The van der Waals surface area contributed by atoms with E-state index < -0.39 is 89.4 Å². The van der Waals surface area contributed by atoms with Crippen LogP contribution in [0.15, 0.2) is 95.2 Å². The fourth-order valence-electron chi connectivity index (χ4n) is 5.44. The van der Waals surface area contributed by atoms with Gasteiger partial charge in [0.25, 0.3) is 0 Å². The lowest BCUT2D eigenvalue weighted by Gasteiger charge is -2.44. The lowest BCUT2D eigenvalue weighted by atomic mass is 9.60. The Hall–Kier alpha value is -2.90. The van der Waals surface area contributed by atoms with Crippen LogP contribution in [0.5, 0.6) is 0 Å². The molecule has 35 heavy (non-hydrogen) atoms. The van der Waals surface area contributed by atoms with Gasteiger partial charge in [-0.05, 0) is 94.5 Å². The van der Waals surface area contributed by atoms with Crippen molar-refractivity contribution in [2.24, 2.45) is 0 Å². The highest BCUT2D eigenvalue weighted by Gasteiger charge is 2.40. The van der Waals surface area contributed by atoms with E-state index in [0.717, 1.165) is 12.0 Å². The van der Waals surface area contributed by atoms with E-state index >= 15 is 0 Å². The van der Waals surface area contributed by atoms with Crippen molar-refractivity contribution in [2.45, 2.75) is 51.4 Å². The Morgan fingerprint density at radius 3 is 1.74 bits per heavy atom. The maximum atomic E-state index is 9.22. The maximum absolute atomic E-state index is 9.22. The molecule has 5 aromatic rings. The van der Waals surface area contributed by atoms with Gasteiger partial charge in [-0.1, -0.05) is 118 Å². The molecule has 0 nitrogen and oxygen atoms in total. The Bertz CT molecular complexity index is 2180. The number of benzene rings is 5. The van der Waals surface area contributed by atoms with Crippen LogP contribution in [-0.2, 0) is 10.8 Å². The molecule has 1 heteroatoms. The molecule has 0 saturated carbocycles. The molecule has 0 amide bonds. The Labute approximate surface area is 235 Å². The van der Waals surface area contributed by atoms with E-state index in [1.165, 1.54) is 0 Å². The van der Waals surface area contributed by atoms with Gasteiger partial charge in [0, 0.05) is 4.47 Å². The van der Waals surface area contributed by atoms with Crippen LogP contribution in [0.2, 0.25) is 0 Å². The van der Waals surface area contributed by atoms with E-state index in [4.69, 9.17) is 15.1 Å². The van der Waals surface area contributed by atoms with E-state index in [1.54, 1.807) is 6.07 Å². The summed E-state index contributed by atoms with van der Waals surface area (Å²) < 4.78 is 114. The van der Waals surface area contributed by atoms with Crippen molar-refractivity contribution in [3.63, 3.8) is 0 Å². The summed E-state index contributed by atoms with van der Waals surface area (Å²) in [5.74, 6) is 0. The Morgan fingerprint density at radius 2 is 1.14 bits per heavy atom. The molecule has 0 saturated heterocycles. The van der Waals surface area contributed by atoms with Crippen molar-refractivity contribution in [1.29, 1.82) is 0 Å². The molecule has 0 radical (unpaired) electrons. The smallest absolute Gasteiger partial charge is 0.0622 e. The molecule has 0 unspecified atom stereocenters. The first-order valence-corrected chi connectivity index (χ1v) is 12.3. The average Bonchev–Trinajstić information content (AvgIpc) is 3.04. The van der Waals surface area contributed by atoms with Crippen molar-refractivity contribution in [2.75, 3.05) is 0 Å². The van der Waals surface area contributed by atoms with Gasteiger partial charge in [0.05, 0.1) is 17.8 Å². The highest BCUT2D eigenvalue weighted by atomic mass is 79.9. The van der Waals surface area contributed by atoms with Crippen LogP contribution < -0.4 is 0 Å². The molecule has 0 bridgehead atoms. The topological polar surface area (TPSA) is 0 Å². The molecule has 0 spiro atoms. The number of fused-ring (bicyclic) bond motifs is 3. The summed E-state index contributed by atoms with van der Waals surface area (Å²) in [5.41, 5.74) is 1.05. The summed E-state index contributed by atoms with van der Waals surface area (Å²) in [5, 5.41) is -0.00440. The molecule has 0 N–H and O–H groups in total. The van der Waals surface area contributed by atoms with Gasteiger partial charge in [0.15, 0.2) is 0 Å². The molecule has 1 aliphatic rings. The Morgan fingerprint density at radius 1 is 0.629 bits per heavy atom. The van der Waals surface area contributed by atoms with Crippen LogP contribution in [0, 0.1) is 0 Å². The first-order chi connectivity index (χ1) is 22.2. The predicted octanol–water partition coefficient (Wildman–Crippen LogP) is 10.4. The van der Waals surface area contributed by atoms with E-state index in [-0.39, 0.29) is 42.7 Å². The number of hydrogen-bond donors (Lipinski definition) is 0. The summed E-state index contributed by atoms with van der Waals surface area (Å²) in [6.45, 7) is 8.19. The molecule has 174 valence electrons. The molecule has 0 fully saturated rings. The van der Waals surface area contributed by atoms with E-state index in [0.29, 0.717) is 17.5 Å².